The summed E-state index contributed by atoms with van der Waals surface area (Å²) >= 11 is 0. The Bertz CT molecular complexity index is 128. The Morgan fingerprint density at radius 2 is 2.09 bits per heavy atom. The highest BCUT2D eigenvalue weighted by molar-refractivity contribution is 4.88. The van der Waals surface area contributed by atoms with Crippen molar-refractivity contribution < 1.29 is 5.11 Å². The van der Waals surface area contributed by atoms with Crippen molar-refractivity contribution in [2.24, 2.45) is 11.1 Å². The van der Waals surface area contributed by atoms with Crippen LogP contribution in [0.4, 0.5) is 0 Å². The lowest BCUT2D eigenvalue weighted by molar-refractivity contribution is 0.0216. The number of likely N-dealkylation sites (tertiary alicyclic amines) is 1. The van der Waals surface area contributed by atoms with Gasteiger partial charge in [-0.2, -0.15) is 0 Å². The van der Waals surface area contributed by atoms with Crippen LogP contribution in [-0.4, -0.2) is 42.3 Å². The molecule has 0 saturated carbocycles. The van der Waals surface area contributed by atoms with Crippen molar-refractivity contribution in [3.8, 4) is 0 Å². The van der Waals surface area contributed by atoms with Crippen LogP contribution in [0.15, 0.2) is 0 Å². The third-order valence-corrected chi connectivity index (χ3v) is 2.03. The van der Waals surface area contributed by atoms with Gasteiger partial charge in [0, 0.05) is 25.7 Å². The van der Waals surface area contributed by atoms with Gasteiger partial charge in [-0.3, -0.25) is 0 Å². The summed E-state index contributed by atoms with van der Waals surface area (Å²) in [6.45, 7) is 7.64. The van der Waals surface area contributed by atoms with E-state index in [1.54, 1.807) is 0 Å². The molecule has 3 heteroatoms. The molecule has 1 unspecified atom stereocenters. The topological polar surface area (TPSA) is 49.5 Å². The molecular weight excluding hydrogens is 140 g/mol. The smallest absolute Gasteiger partial charge is 0.0595 e. The number of aliphatic hydroxyl groups excluding tert-OH is 1. The Morgan fingerprint density at radius 1 is 1.55 bits per heavy atom. The van der Waals surface area contributed by atoms with E-state index in [0.29, 0.717) is 5.41 Å². The van der Waals surface area contributed by atoms with E-state index >= 15 is 0 Å². The second kappa shape index (κ2) is 3.09. The fraction of sp³-hybridized carbons (Fsp3) is 1.00. The molecule has 1 heterocycles. The van der Waals surface area contributed by atoms with Gasteiger partial charge in [0.1, 0.15) is 0 Å². The van der Waals surface area contributed by atoms with Gasteiger partial charge < -0.3 is 15.7 Å². The summed E-state index contributed by atoms with van der Waals surface area (Å²) in [5.74, 6) is 0. The van der Waals surface area contributed by atoms with Crippen molar-refractivity contribution in [3.63, 3.8) is 0 Å². The first kappa shape index (κ1) is 8.97. The largest absolute Gasteiger partial charge is 0.395 e. The minimum absolute atomic E-state index is 0.0638. The number of hydrogen-bond donors (Lipinski definition) is 2. The van der Waals surface area contributed by atoms with Gasteiger partial charge >= 0.3 is 0 Å². The molecule has 1 atom stereocenters. The fourth-order valence-electron chi connectivity index (χ4n) is 1.68. The number of rotatable bonds is 3. The van der Waals surface area contributed by atoms with E-state index in [1.807, 2.05) is 0 Å². The van der Waals surface area contributed by atoms with Crippen molar-refractivity contribution >= 4 is 0 Å². The van der Waals surface area contributed by atoms with Crippen molar-refractivity contribution in [1.29, 1.82) is 0 Å². The average Bonchev–Trinajstić information content (AvgIpc) is 1.83. The number of aliphatic hydroxyl groups is 1. The Kier molecular flexibility index (Phi) is 2.52. The Labute approximate surface area is 68.2 Å². The molecule has 0 bridgehead atoms. The molecule has 1 aliphatic rings. The summed E-state index contributed by atoms with van der Waals surface area (Å²) in [5, 5.41) is 8.68. The Balaban J connectivity index is 2.13. The van der Waals surface area contributed by atoms with Gasteiger partial charge in [0.05, 0.1) is 6.61 Å². The maximum atomic E-state index is 8.68. The molecule has 1 aliphatic heterocycles. The molecular formula is C8H18N2O. The van der Waals surface area contributed by atoms with Crippen LogP contribution in [0, 0.1) is 5.41 Å². The van der Waals surface area contributed by atoms with Gasteiger partial charge in [-0.1, -0.05) is 13.8 Å². The average molecular weight is 158 g/mol. The van der Waals surface area contributed by atoms with E-state index in [2.05, 4.69) is 18.7 Å². The van der Waals surface area contributed by atoms with E-state index < -0.39 is 0 Å². The van der Waals surface area contributed by atoms with Crippen molar-refractivity contribution in [2.75, 3.05) is 26.2 Å². The molecule has 1 fully saturated rings. The monoisotopic (exact) mass is 158 g/mol. The third kappa shape index (κ3) is 2.43. The molecule has 0 spiro atoms. The van der Waals surface area contributed by atoms with Crippen LogP contribution in [0.2, 0.25) is 0 Å². The van der Waals surface area contributed by atoms with Crippen molar-refractivity contribution in [2.45, 2.75) is 19.9 Å². The first-order chi connectivity index (χ1) is 5.03. The summed E-state index contributed by atoms with van der Waals surface area (Å²) < 4.78 is 0. The minimum Gasteiger partial charge on any atom is -0.395 e. The number of nitrogens with zero attached hydrogens (tertiary/aromatic N) is 1. The zero-order valence-corrected chi connectivity index (χ0v) is 7.38. The minimum atomic E-state index is -0.0638. The molecule has 0 aliphatic carbocycles. The van der Waals surface area contributed by atoms with Crippen LogP contribution in [-0.2, 0) is 0 Å². The Hall–Kier alpha value is -0.120. The van der Waals surface area contributed by atoms with Gasteiger partial charge in [0.15, 0.2) is 0 Å². The highest BCUT2D eigenvalue weighted by Crippen LogP contribution is 2.28. The van der Waals surface area contributed by atoms with E-state index in [1.165, 1.54) is 0 Å². The van der Waals surface area contributed by atoms with Crippen LogP contribution in [0.5, 0.6) is 0 Å². The fourth-order valence-corrected chi connectivity index (χ4v) is 1.68. The molecule has 0 amide bonds. The molecule has 66 valence electrons. The highest BCUT2D eigenvalue weighted by Gasteiger charge is 2.34. The van der Waals surface area contributed by atoms with Crippen LogP contribution < -0.4 is 5.73 Å². The first-order valence-corrected chi connectivity index (χ1v) is 4.12. The van der Waals surface area contributed by atoms with Crippen LogP contribution in [0.1, 0.15) is 13.8 Å². The van der Waals surface area contributed by atoms with Crippen molar-refractivity contribution in [3.05, 3.63) is 0 Å². The van der Waals surface area contributed by atoms with Gasteiger partial charge in [-0.05, 0) is 5.41 Å². The summed E-state index contributed by atoms with van der Waals surface area (Å²) in [4.78, 5) is 2.28. The zero-order valence-electron chi connectivity index (χ0n) is 7.38. The van der Waals surface area contributed by atoms with E-state index in [-0.39, 0.29) is 12.6 Å². The zero-order chi connectivity index (χ0) is 8.48. The van der Waals surface area contributed by atoms with Crippen LogP contribution in [0.25, 0.3) is 0 Å². The second-order valence-corrected chi connectivity index (χ2v) is 4.28. The highest BCUT2D eigenvalue weighted by atomic mass is 16.3. The lowest BCUT2D eigenvalue weighted by Crippen LogP contribution is -2.56. The molecule has 11 heavy (non-hydrogen) atoms. The SMILES string of the molecule is CC1(C)CN(CC(N)CO)C1. The van der Waals surface area contributed by atoms with Crippen LogP contribution in [0.3, 0.4) is 0 Å². The second-order valence-electron chi connectivity index (χ2n) is 4.28. The molecule has 0 aromatic rings. The van der Waals surface area contributed by atoms with Gasteiger partial charge in [0.25, 0.3) is 0 Å². The Morgan fingerprint density at radius 3 is 2.45 bits per heavy atom. The number of hydrogen-bond acceptors (Lipinski definition) is 3. The quantitative estimate of drug-likeness (QED) is 0.590. The maximum absolute atomic E-state index is 8.68. The molecule has 1 rings (SSSR count). The molecule has 0 aromatic heterocycles. The van der Waals surface area contributed by atoms with Gasteiger partial charge in [-0.25, -0.2) is 0 Å². The lowest BCUT2D eigenvalue weighted by atomic mass is 9.84. The predicted octanol–water partition coefficient (Wildman–Crippen LogP) is -0.352. The van der Waals surface area contributed by atoms with E-state index in [9.17, 15) is 0 Å². The molecule has 0 aromatic carbocycles. The van der Waals surface area contributed by atoms with E-state index in [4.69, 9.17) is 10.8 Å². The molecule has 1 saturated heterocycles. The lowest BCUT2D eigenvalue weighted by Gasteiger charge is -2.46. The molecule has 3 N–H and O–H groups in total. The maximum Gasteiger partial charge on any atom is 0.0595 e. The predicted molar refractivity (Wildman–Crippen MR) is 45.3 cm³/mol. The number of nitrogens with two attached hydrogens (primary N) is 1. The van der Waals surface area contributed by atoms with E-state index in [0.717, 1.165) is 19.6 Å². The first-order valence-electron chi connectivity index (χ1n) is 4.12. The molecule has 3 nitrogen and oxygen atoms in total. The molecule has 0 radical (unpaired) electrons. The summed E-state index contributed by atoms with van der Waals surface area (Å²) in [5.41, 5.74) is 6.05. The van der Waals surface area contributed by atoms with Gasteiger partial charge in [0.2, 0.25) is 0 Å². The summed E-state index contributed by atoms with van der Waals surface area (Å²) in [7, 11) is 0. The van der Waals surface area contributed by atoms with Gasteiger partial charge in [-0.15, -0.1) is 0 Å². The van der Waals surface area contributed by atoms with Crippen LogP contribution >= 0.6 is 0 Å². The summed E-state index contributed by atoms with van der Waals surface area (Å²) in [6, 6.07) is -0.0638. The van der Waals surface area contributed by atoms with Crippen molar-refractivity contribution in [1.82, 2.24) is 4.90 Å². The normalized spacial score (nSPS) is 26.2. The standard InChI is InChI=1S/C8H18N2O/c1-8(2)5-10(6-8)3-7(9)4-11/h7,11H,3-6,9H2,1-2H3. The third-order valence-electron chi connectivity index (χ3n) is 2.03. The summed E-state index contributed by atoms with van der Waals surface area (Å²) in [6.07, 6.45) is 0.